The van der Waals surface area contributed by atoms with Crippen LogP contribution in [0.1, 0.15) is 58.8 Å². The van der Waals surface area contributed by atoms with E-state index in [1.807, 2.05) is 18.9 Å². The van der Waals surface area contributed by atoms with Crippen molar-refractivity contribution in [3.63, 3.8) is 0 Å². The first kappa shape index (κ1) is 21.0. The van der Waals surface area contributed by atoms with Gasteiger partial charge in [-0.3, -0.25) is 4.79 Å². The number of amides is 1. The van der Waals surface area contributed by atoms with Gasteiger partial charge in [0, 0.05) is 24.9 Å². The van der Waals surface area contributed by atoms with Crippen LogP contribution >= 0.6 is 0 Å². The van der Waals surface area contributed by atoms with Crippen LogP contribution in [-0.2, 0) is 19.1 Å². The Kier molecular flexibility index (Phi) is 4.62. The van der Waals surface area contributed by atoms with Crippen molar-refractivity contribution in [1.29, 1.82) is 0 Å². The second-order valence-corrected chi connectivity index (χ2v) is 11.3. The second kappa shape index (κ2) is 6.37. The summed E-state index contributed by atoms with van der Waals surface area (Å²) in [5.41, 5.74) is -6.13. The number of nitrogens with zero attached hydrogens (tertiary/aromatic N) is 1. The number of fused-ring (bicyclic) bond motifs is 5. The number of hydrogen-bond acceptors (Lipinski definition) is 4. The minimum Gasteiger partial charge on any atom is -0.380 e. The van der Waals surface area contributed by atoms with Crippen molar-refractivity contribution in [2.75, 3.05) is 7.05 Å². The first-order valence-corrected chi connectivity index (χ1v) is 11.7. The molecule has 0 radical (unpaired) electrons. The van der Waals surface area contributed by atoms with Crippen molar-refractivity contribution in [3.05, 3.63) is 11.8 Å². The Labute approximate surface area is 169 Å². The van der Waals surface area contributed by atoms with E-state index in [1.165, 1.54) is 0 Å². The van der Waals surface area contributed by atoms with Gasteiger partial charge >= 0.3 is 15.6 Å². The summed E-state index contributed by atoms with van der Waals surface area (Å²) in [6.07, 6.45) is 6.64. The van der Waals surface area contributed by atoms with E-state index in [1.54, 1.807) is 6.08 Å². The van der Waals surface area contributed by atoms with Gasteiger partial charge < -0.3 is 9.08 Å². The molecule has 0 aromatic carbocycles. The van der Waals surface area contributed by atoms with Crippen molar-refractivity contribution in [1.82, 2.24) is 4.90 Å². The standard InChI is InChI=1S/C20H28F3NO4S/c1-18-11-9-17(25)24(3)15(18)6-4-12-13-5-7-16(19(13,2)10-8-14(12)18)28-29(26,27)20(21,22)23/h7,12-15H,4-6,8-11H2,1-3H3/t12-,13-,14+,15?,18+,19-/m0/s1. The summed E-state index contributed by atoms with van der Waals surface area (Å²) in [4.78, 5) is 14.1. The molecule has 9 heteroatoms. The number of allylic oxidation sites excluding steroid dienone is 2. The lowest BCUT2D eigenvalue weighted by Crippen LogP contribution is -2.61. The molecule has 3 fully saturated rings. The van der Waals surface area contributed by atoms with E-state index < -0.39 is 21.0 Å². The molecule has 0 aromatic heterocycles. The lowest BCUT2D eigenvalue weighted by molar-refractivity contribution is -0.156. The van der Waals surface area contributed by atoms with Gasteiger partial charge in [0.05, 0.1) is 0 Å². The lowest BCUT2D eigenvalue weighted by Gasteiger charge is -2.61. The summed E-state index contributed by atoms with van der Waals surface area (Å²) < 4.78 is 66.3. The predicted octanol–water partition coefficient (Wildman–Crippen LogP) is 4.21. The molecule has 4 rings (SSSR count). The number of carbonyl (C=O) groups excluding carboxylic acids is 1. The summed E-state index contributed by atoms with van der Waals surface area (Å²) >= 11 is 0. The summed E-state index contributed by atoms with van der Waals surface area (Å²) in [6.45, 7) is 4.11. The zero-order chi connectivity index (χ0) is 21.4. The summed E-state index contributed by atoms with van der Waals surface area (Å²) in [6, 6.07) is 0.199. The Morgan fingerprint density at radius 2 is 1.83 bits per heavy atom. The Morgan fingerprint density at radius 1 is 1.14 bits per heavy atom. The molecular weight excluding hydrogens is 407 g/mol. The van der Waals surface area contributed by atoms with Crippen LogP contribution < -0.4 is 0 Å². The van der Waals surface area contributed by atoms with Gasteiger partial charge in [-0.2, -0.15) is 21.6 Å². The maximum absolute atomic E-state index is 12.8. The average molecular weight is 436 g/mol. The minimum absolute atomic E-state index is 0.00539. The Balaban J connectivity index is 1.59. The van der Waals surface area contributed by atoms with Crippen LogP contribution in [-0.4, -0.2) is 37.8 Å². The summed E-state index contributed by atoms with van der Waals surface area (Å²) in [5, 5.41) is 0. The Morgan fingerprint density at radius 3 is 2.48 bits per heavy atom. The maximum atomic E-state index is 12.8. The van der Waals surface area contributed by atoms with Gasteiger partial charge in [-0.15, -0.1) is 0 Å². The third-order valence-electron chi connectivity index (χ3n) is 8.55. The van der Waals surface area contributed by atoms with Crippen LogP contribution in [0, 0.1) is 28.6 Å². The normalized spacial score (nSPS) is 42.6. The molecule has 1 amide bonds. The van der Waals surface area contributed by atoms with Crippen LogP contribution in [0.3, 0.4) is 0 Å². The maximum Gasteiger partial charge on any atom is 0.534 e. The first-order valence-electron chi connectivity index (χ1n) is 10.3. The number of rotatable bonds is 2. The van der Waals surface area contributed by atoms with Crippen molar-refractivity contribution in [2.45, 2.75) is 70.3 Å². The molecule has 1 unspecified atom stereocenters. The quantitative estimate of drug-likeness (QED) is 0.482. The van der Waals surface area contributed by atoms with Crippen molar-refractivity contribution in [3.8, 4) is 0 Å². The number of piperidine rings is 1. The number of likely N-dealkylation sites (tertiary alicyclic amines) is 1. The molecule has 5 nitrogen and oxygen atoms in total. The van der Waals surface area contributed by atoms with Crippen molar-refractivity contribution in [2.24, 2.45) is 28.6 Å². The van der Waals surface area contributed by atoms with E-state index in [0.29, 0.717) is 31.1 Å². The number of carbonyl (C=O) groups is 1. The average Bonchev–Trinajstić information content (AvgIpc) is 2.94. The molecule has 0 bridgehead atoms. The smallest absolute Gasteiger partial charge is 0.380 e. The third kappa shape index (κ3) is 2.93. The molecule has 3 aliphatic carbocycles. The second-order valence-electron chi connectivity index (χ2n) is 9.72. The molecule has 0 aromatic rings. The number of halogens is 3. The van der Waals surface area contributed by atoms with E-state index >= 15 is 0 Å². The Hall–Kier alpha value is -1.25. The molecular formula is C20H28F3NO4S. The molecule has 0 N–H and O–H groups in total. The zero-order valence-corrected chi connectivity index (χ0v) is 17.8. The van der Waals surface area contributed by atoms with Crippen molar-refractivity contribution >= 4 is 16.0 Å². The molecule has 2 saturated carbocycles. The van der Waals surface area contributed by atoms with Crippen LogP contribution in [0.4, 0.5) is 13.2 Å². The highest BCUT2D eigenvalue weighted by molar-refractivity contribution is 7.87. The first-order chi connectivity index (χ1) is 13.3. The molecule has 29 heavy (non-hydrogen) atoms. The van der Waals surface area contributed by atoms with Crippen LogP contribution in [0.25, 0.3) is 0 Å². The van der Waals surface area contributed by atoms with E-state index in [2.05, 4.69) is 11.1 Å². The van der Waals surface area contributed by atoms with Gasteiger partial charge in [0.2, 0.25) is 5.91 Å². The number of hydrogen-bond donors (Lipinski definition) is 0. The Bertz CT molecular complexity index is 854. The largest absolute Gasteiger partial charge is 0.534 e. The van der Waals surface area contributed by atoms with E-state index in [0.717, 1.165) is 25.7 Å². The van der Waals surface area contributed by atoms with Gasteiger partial charge in [-0.05, 0) is 67.8 Å². The highest BCUT2D eigenvalue weighted by Crippen LogP contribution is 2.65. The molecule has 6 atom stereocenters. The SMILES string of the molecule is CN1C(=O)CC[C@@]2(C)C1CC[C@@H]1[C@H]2CC[C@]2(C)C(OS(=O)(=O)C(F)(F)F)=CC[C@@H]12. The van der Waals surface area contributed by atoms with E-state index in [-0.39, 0.29) is 29.0 Å². The van der Waals surface area contributed by atoms with Gasteiger partial charge in [-0.25, -0.2) is 0 Å². The van der Waals surface area contributed by atoms with Gasteiger partial charge in [0.25, 0.3) is 0 Å². The topological polar surface area (TPSA) is 63.7 Å². The summed E-state index contributed by atoms with van der Waals surface area (Å²) in [5.74, 6) is 0.883. The predicted molar refractivity (Wildman–Crippen MR) is 99.7 cm³/mol. The molecule has 1 aliphatic heterocycles. The number of alkyl halides is 3. The van der Waals surface area contributed by atoms with E-state index in [9.17, 15) is 26.4 Å². The molecule has 4 aliphatic rings. The third-order valence-corrected chi connectivity index (χ3v) is 9.52. The zero-order valence-electron chi connectivity index (χ0n) is 17.0. The summed E-state index contributed by atoms with van der Waals surface area (Å²) in [7, 11) is -3.78. The molecule has 1 saturated heterocycles. The van der Waals surface area contributed by atoms with Gasteiger partial charge in [0.1, 0.15) is 5.76 Å². The minimum atomic E-state index is -5.66. The molecule has 164 valence electrons. The van der Waals surface area contributed by atoms with Crippen LogP contribution in [0.15, 0.2) is 11.8 Å². The lowest BCUT2D eigenvalue weighted by atomic mass is 9.47. The van der Waals surface area contributed by atoms with Crippen LogP contribution in [0.5, 0.6) is 0 Å². The molecule has 1 heterocycles. The van der Waals surface area contributed by atoms with Crippen LogP contribution in [0.2, 0.25) is 0 Å². The van der Waals surface area contributed by atoms with Gasteiger partial charge in [-0.1, -0.05) is 13.8 Å². The molecule has 0 spiro atoms. The highest BCUT2D eigenvalue weighted by Gasteiger charge is 2.61. The van der Waals surface area contributed by atoms with E-state index in [4.69, 9.17) is 0 Å². The fraction of sp³-hybridized carbons (Fsp3) is 0.850. The van der Waals surface area contributed by atoms with Crippen molar-refractivity contribution < 1.29 is 30.6 Å². The fourth-order valence-electron chi connectivity index (χ4n) is 6.97. The fourth-order valence-corrected chi connectivity index (χ4v) is 7.56. The highest BCUT2D eigenvalue weighted by atomic mass is 32.2. The monoisotopic (exact) mass is 435 g/mol. The van der Waals surface area contributed by atoms with Gasteiger partial charge in [0.15, 0.2) is 0 Å².